The van der Waals surface area contributed by atoms with Gasteiger partial charge in [0.15, 0.2) is 11.5 Å². The largest absolute Gasteiger partial charge is 0.497 e. The van der Waals surface area contributed by atoms with Gasteiger partial charge in [-0.25, -0.2) is 0 Å². The van der Waals surface area contributed by atoms with E-state index >= 15 is 0 Å². The maximum absolute atomic E-state index is 13.5. The second-order valence-electron chi connectivity index (χ2n) is 9.31. The molecular formula is C26H30N2O5. The van der Waals surface area contributed by atoms with Crippen LogP contribution in [-0.2, 0) is 11.2 Å². The molecule has 0 saturated carbocycles. The minimum Gasteiger partial charge on any atom is -0.497 e. The number of pyridine rings is 1. The zero-order chi connectivity index (χ0) is 23.9. The van der Waals surface area contributed by atoms with E-state index in [1.165, 1.54) is 0 Å². The van der Waals surface area contributed by atoms with Crippen molar-refractivity contribution in [3.63, 3.8) is 0 Å². The molecule has 1 aromatic heterocycles. The van der Waals surface area contributed by atoms with Crippen molar-refractivity contribution in [1.29, 1.82) is 0 Å². The second kappa shape index (κ2) is 8.46. The first-order valence-electron chi connectivity index (χ1n) is 10.9. The molecule has 0 saturated heterocycles. The van der Waals surface area contributed by atoms with E-state index in [1.54, 1.807) is 27.4 Å². The highest BCUT2D eigenvalue weighted by atomic mass is 16.5. The Morgan fingerprint density at radius 1 is 0.970 bits per heavy atom. The first-order valence-corrected chi connectivity index (χ1v) is 10.9. The fourth-order valence-corrected chi connectivity index (χ4v) is 4.46. The lowest BCUT2D eigenvalue weighted by atomic mass is 9.85. The molecule has 1 atom stereocenters. The molecule has 0 radical (unpaired) electrons. The van der Waals surface area contributed by atoms with E-state index in [-0.39, 0.29) is 11.5 Å². The summed E-state index contributed by atoms with van der Waals surface area (Å²) in [6.45, 7) is 6.18. The van der Waals surface area contributed by atoms with E-state index in [2.05, 4.69) is 4.98 Å². The average molecular weight is 451 g/mol. The van der Waals surface area contributed by atoms with Crippen molar-refractivity contribution in [2.24, 2.45) is 5.41 Å². The third-order valence-corrected chi connectivity index (χ3v) is 6.15. The Labute approximate surface area is 193 Å². The molecule has 1 N–H and O–H groups in total. The Balaban J connectivity index is 1.98. The molecule has 2 aromatic carbocycles. The van der Waals surface area contributed by atoms with Crippen molar-refractivity contribution in [2.75, 3.05) is 27.9 Å². The number of carbonyl (C=O) groups is 1. The number of hydrogen-bond donors (Lipinski definition) is 1. The SMILES string of the molecule is COc1ccc2[nH]c(=O)c([C@H]3c4cc(OC)c(OC)cc4CCN3C(=O)C(C)(C)C)cc2c1. The van der Waals surface area contributed by atoms with Crippen LogP contribution in [0, 0.1) is 5.41 Å². The fraction of sp³-hybridized carbons (Fsp3) is 0.385. The van der Waals surface area contributed by atoms with Crippen LogP contribution in [0.2, 0.25) is 0 Å². The molecule has 1 aliphatic rings. The fourth-order valence-electron chi connectivity index (χ4n) is 4.46. The van der Waals surface area contributed by atoms with Gasteiger partial charge < -0.3 is 24.1 Å². The first kappa shape index (κ1) is 22.7. The molecule has 0 fully saturated rings. The minimum absolute atomic E-state index is 0.0157. The lowest BCUT2D eigenvalue weighted by molar-refractivity contribution is -0.141. The van der Waals surface area contributed by atoms with Crippen LogP contribution >= 0.6 is 0 Å². The lowest BCUT2D eigenvalue weighted by Crippen LogP contribution is -2.47. The number of aromatic nitrogens is 1. The molecule has 7 nitrogen and oxygen atoms in total. The molecule has 1 aliphatic heterocycles. The van der Waals surface area contributed by atoms with Crippen molar-refractivity contribution in [2.45, 2.75) is 33.2 Å². The van der Waals surface area contributed by atoms with Crippen LogP contribution in [-0.4, -0.2) is 43.7 Å². The zero-order valence-corrected chi connectivity index (χ0v) is 19.9. The molecule has 3 aromatic rings. The minimum atomic E-state index is -0.598. The first-order chi connectivity index (χ1) is 15.7. The Morgan fingerprint density at radius 3 is 2.30 bits per heavy atom. The van der Waals surface area contributed by atoms with Crippen LogP contribution in [0.3, 0.4) is 0 Å². The van der Waals surface area contributed by atoms with E-state index in [0.29, 0.717) is 41.3 Å². The van der Waals surface area contributed by atoms with Crippen LogP contribution in [0.15, 0.2) is 41.2 Å². The van der Waals surface area contributed by atoms with Gasteiger partial charge in [0, 0.05) is 28.4 Å². The highest BCUT2D eigenvalue weighted by Crippen LogP contribution is 2.42. The third kappa shape index (κ3) is 4.03. The number of nitrogens with one attached hydrogen (secondary N) is 1. The molecule has 174 valence electrons. The van der Waals surface area contributed by atoms with Gasteiger partial charge in [-0.15, -0.1) is 0 Å². The van der Waals surface area contributed by atoms with Gasteiger partial charge in [-0.2, -0.15) is 0 Å². The molecule has 0 unspecified atom stereocenters. The molecule has 0 aliphatic carbocycles. The molecule has 1 amide bonds. The molecule has 0 bridgehead atoms. The number of benzene rings is 2. The predicted molar refractivity (Wildman–Crippen MR) is 127 cm³/mol. The molecule has 7 heteroatoms. The Morgan fingerprint density at radius 2 is 1.67 bits per heavy atom. The van der Waals surface area contributed by atoms with E-state index in [0.717, 1.165) is 16.5 Å². The second-order valence-corrected chi connectivity index (χ2v) is 9.31. The van der Waals surface area contributed by atoms with Crippen LogP contribution < -0.4 is 19.8 Å². The maximum Gasteiger partial charge on any atom is 0.254 e. The van der Waals surface area contributed by atoms with Crippen LogP contribution in [0.25, 0.3) is 10.9 Å². The number of carbonyl (C=O) groups excluding carboxylic acids is 1. The van der Waals surface area contributed by atoms with Gasteiger partial charge in [0.25, 0.3) is 5.56 Å². The summed E-state index contributed by atoms with van der Waals surface area (Å²) in [5.41, 5.74) is 2.28. The predicted octanol–water partition coefficient (Wildman–Crippen LogP) is 4.07. The normalized spacial score (nSPS) is 15.8. The highest BCUT2D eigenvalue weighted by Gasteiger charge is 2.38. The summed E-state index contributed by atoms with van der Waals surface area (Å²) in [7, 11) is 4.78. The molecular weight excluding hydrogens is 420 g/mol. The van der Waals surface area contributed by atoms with Gasteiger partial charge >= 0.3 is 0 Å². The van der Waals surface area contributed by atoms with Gasteiger partial charge in [0.05, 0.1) is 27.4 Å². The molecule has 0 spiro atoms. The van der Waals surface area contributed by atoms with Gasteiger partial charge in [-0.05, 0) is 53.9 Å². The van der Waals surface area contributed by atoms with Crippen LogP contribution in [0.4, 0.5) is 0 Å². The number of ether oxygens (including phenoxy) is 3. The number of rotatable bonds is 4. The third-order valence-electron chi connectivity index (χ3n) is 6.15. The highest BCUT2D eigenvalue weighted by molar-refractivity contribution is 5.84. The Hall–Kier alpha value is -3.48. The summed E-state index contributed by atoms with van der Waals surface area (Å²) in [6, 6.07) is 10.6. The van der Waals surface area contributed by atoms with Crippen LogP contribution in [0.5, 0.6) is 17.2 Å². The Kier molecular flexibility index (Phi) is 5.82. The monoisotopic (exact) mass is 450 g/mol. The van der Waals surface area contributed by atoms with Crippen molar-refractivity contribution in [3.05, 3.63) is 63.4 Å². The molecule has 4 rings (SSSR count). The van der Waals surface area contributed by atoms with Crippen molar-refractivity contribution < 1.29 is 19.0 Å². The number of nitrogens with zero attached hydrogens (tertiary/aromatic N) is 1. The van der Waals surface area contributed by atoms with Gasteiger partial charge in [-0.3, -0.25) is 9.59 Å². The van der Waals surface area contributed by atoms with Crippen molar-refractivity contribution in [3.8, 4) is 17.2 Å². The number of aromatic amines is 1. The van der Waals surface area contributed by atoms with Crippen molar-refractivity contribution in [1.82, 2.24) is 9.88 Å². The molecule has 33 heavy (non-hydrogen) atoms. The topological polar surface area (TPSA) is 80.9 Å². The summed E-state index contributed by atoms with van der Waals surface area (Å²) < 4.78 is 16.4. The van der Waals surface area contributed by atoms with Crippen LogP contribution in [0.1, 0.15) is 43.5 Å². The lowest BCUT2D eigenvalue weighted by Gasteiger charge is -2.40. The number of methoxy groups -OCH3 is 3. The number of amides is 1. The van der Waals surface area contributed by atoms with E-state index < -0.39 is 11.5 Å². The zero-order valence-electron chi connectivity index (χ0n) is 19.9. The summed E-state index contributed by atoms with van der Waals surface area (Å²) in [4.78, 5) is 31.6. The van der Waals surface area contributed by atoms with E-state index in [1.807, 2.05) is 56.0 Å². The number of H-pyrrole nitrogens is 1. The summed E-state index contributed by atoms with van der Waals surface area (Å²) >= 11 is 0. The van der Waals surface area contributed by atoms with Gasteiger partial charge in [0.1, 0.15) is 5.75 Å². The van der Waals surface area contributed by atoms with Gasteiger partial charge in [-0.1, -0.05) is 20.8 Å². The summed E-state index contributed by atoms with van der Waals surface area (Å²) in [6.07, 6.45) is 0.660. The maximum atomic E-state index is 13.5. The quantitative estimate of drug-likeness (QED) is 0.648. The smallest absolute Gasteiger partial charge is 0.254 e. The Bertz CT molecular complexity index is 1270. The van der Waals surface area contributed by atoms with Gasteiger partial charge in [0.2, 0.25) is 5.91 Å². The summed E-state index contributed by atoms with van der Waals surface area (Å²) in [5.74, 6) is 1.87. The van der Waals surface area contributed by atoms with E-state index in [9.17, 15) is 9.59 Å². The number of hydrogen-bond acceptors (Lipinski definition) is 5. The molecule has 2 heterocycles. The van der Waals surface area contributed by atoms with Crippen molar-refractivity contribution >= 4 is 16.8 Å². The summed E-state index contributed by atoms with van der Waals surface area (Å²) in [5, 5.41) is 0.833. The average Bonchev–Trinajstić information content (AvgIpc) is 2.80. The number of fused-ring (bicyclic) bond motifs is 2. The van der Waals surface area contributed by atoms with E-state index in [4.69, 9.17) is 14.2 Å². The standard InChI is InChI=1S/C26H30N2O5/c1-26(2,3)25(30)28-10-9-15-13-21(32-5)22(33-6)14-18(15)23(28)19-12-16-11-17(31-4)7-8-20(16)27-24(19)29/h7-8,11-14,23H,9-10H2,1-6H3,(H,27,29)/t23-/m1/s1.